The first kappa shape index (κ1) is 25.2. The monoisotopic (exact) mass is 497 g/mol. The normalized spacial score (nSPS) is 11.6. The van der Waals surface area contributed by atoms with E-state index in [1.807, 2.05) is 0 Å². The van der Waals surface area contributed by atoms with Gasteiger partial charge in [-0.05, 0) is 61.5 Å². The topological polar surface area (TPSA) is 140 Å². The molecule has 0 heterocycles. The van der Waals surface area contributed by atoms with Gasteiger partial charge in [0, 0.05) is 11.3 Å². The fourth-order valence-electron chi connectivity index (χ4n) is 2.83. The minimum absolute atomic E-state index is 0.0735. The van der Waals surface area contributed by atoms with Crippen LogP contribution in [0.15, 0.2) is 83.8 Å². The Morgan fingerprint density at radius 2 is 1.49 bits per heavy atom. The van der Waals surface area contributed by atoms with Crippen molar-refractivity contribution in [3.63, 3.8) is 0 Å². The number of hydrogen-bond acceptors (Lipinski definition) is 7. The van der Waals surface area contributed by atoms with Gasteiger partial charge >= 0.3 is 5.97 Å². The molecule has 3 aromatic carbocycles. The third-order valence-corrected chi connectivity index (χ3v) is 6.09. The Labute approximate surface area is 202 Å². The van der Waals surface area contributed by atoms with Gasteiger partial charge in [-0.1, -0.05) is 24.3 Å². The average molecular weight is 498 g/mol. The lowest BCUT2D eigenvalue weighted by Crippen LogP contribution is -2.46. The van der Waals surface area contributed by atoms with Gasteiger partial charge in [-0.3, -0.25) is 25.2 Å². The zero-order valence-corrected chi connectivity index (χ0v) is 19.7. The number of carbonyl (C=O) groups excluding carboxylic acids is 3. The summed E-state index contributed by atoms with van der Waals surface area (Å²) in [6, 6.07) is 19.7. The molecule has 0 spiro atoms. The summed E-state index contributed by atoms with van der Waals surface area (Å²) in [5.41, 5.74) is 4.97. The van der Waals surface area contributed by atoms with E-state index in [1.54, 1.807) is 42.5 Å². The van der Waals surface area contributed by atoms with Gasteiger partial charge in [0.2, 0.25) is 0 Å². The molecule has 3 aromatic rings. The molecule has 3 N–H and O–H groups in total. The van der Waals surface area contributed by atoms with Crippen LogP contribution in [0, 0.1) is 0 Å². The minimum atomic E-state index is -4.00. The van der Waals surface area contributed by atoms with Gasteiger partial charge in [-0.15, -0.1) is 0 Å². The number of hydrogen-bond donors (Lipinski definition) is 3. The van der Waals surface area contributed by atoms with Crippen LogP contribution in [0.4, 0.5) is 5.69 Å². The molecule has 0 fully saturated rings. The van der Waals surface area contributed by atoms with Gasteiger partial charge in [-0.2, -0.15) is 0 Å². The lowest BCUT2D eigenvalue weighted by molar-refractivity contribution is -0.129. The highest BCUT2D eigenvalue weighted by atomic mass is 32.2. The van der Waals surface area contributed by atoms with E-state index in [9.17, 15) is 22.8 Å². The van der Waals surface area contributed by atoms with Crippen LogP contribution in [0.3, 0.4) is 0 Å². The lowest BCUT2D eigenvalue weighted by atomic mass is 10.2. The van der Waals surface area contributed by atoms with Crippen LogP contribution in [-0.2, 0) is 19.6 Å². The molecule has 10 nitrogen and oxygen atoms in total. The summed E-state index contributed by atoms with van der Waals surface area (Å²) in [5.74, 6) is -1.66. The molecular formula is C24H23N3O7S. The number of esters is 1. The molecule has 182 valence electrons. The van der Waals surface area contributed by atoms with Crippen molar-refractivity contribution in [3.8, 4) is 5.75 Å². The predicted octanol–water partition coefficient (Wildman–Crippen LogP) is 2.50. The average Bonchev–Trinajstić information content (AvgIpc) is 2.87. The number of anilines is 1. The third-order valence-electron chi connectivity index (χ3n) is 4.71. The number of methoxy groups -OCH3 is 1. The highest BCUT2D eigenvalue weighted by Gasteiger charge is 2.22. The number of nitrogens with one attached hydrogen (secondary N) is 3. The zero-order valence-electron chi connectivity index (χ0n) is 18.8. The first-order valence-corrected chi connectivity index (χ1v) is 11.8. The molecule has 0 saturated heterocycles. The molecule has 0 saturated carbocycles. The van der Waals surface area contributed by atoms with E-state index < -0.39 is 33.9 Å². The van der Waals surface area contributed by atoms with Crippen LogP contribution in [0.5, 0.6) is 5.75 Å². The van der Waals surface area contributed by atoms with Crippen molar-refractivity contribution < 1.29 is 32.3 Å². The Kier molecular flexibility index (Phi) is 8.05. The van der Waals surface area contributed by atoms with E-state index in [0.717, 1.165) is 6.07 Å². The largest absolute Gasteiger partial charge is 0.497 e. The molecule has 0 aromatic heterocycles. The third kappa shape index (κ3) is 6.81. The second-order valence-electron chi connectivity index (χ2n) is 7.22. The summed E-state index contributed by atoms with van der Waals surface area (Å²) in [5, 5.41) is 0. The fourth-order valence-corrected chi connectivity index (χ4v) is 3.93. The molecule has 0 unspecified atom stereocenters. The number of carbonyl (C=O) groups is 3. The molecule has 35 heavy (non-hydrogen) atoms. The molecule has 0 aliphatic rings. The van der Waals surface area contributed by atoms with E-state index in [0.29, 0.717) is 17.0 Å². The zero-order chi connectivity index (χ0) is 25.4. The SMILES string of the molecule is COc1ccc(NS(=O)(=O)c2cccc(C(=O)O[C@H](C)C(=O)NNC(=O)c3ccccc3)c2)cc1. The van der Waals surface area contributed by atoms with Crippen LogP contribution < -0.4 is 20.3 Å². The number of benzene rings is 3. The van der Waals surface area contributed by atoms with Crippen LogP contribution in [0.2, 0.25) is 0 Å². The van der Waals surface area contributed by atoms with E-state index >= 15 is 0 Å². The smallest absolute Gasteiger partial charge is 0.338 e. The highest BCUT2D eigenvalue weighted by molar-refractivity contribution is 7.92. The van der Waals surface area contributed by atoms with Crippen molar-refractivity contribution in [1.82, 2.24) is 10.9 Å². The van der Waals surface area contributed by atoms with Gasteiger partial charge in [0.05, 0.1) is 17.6 Å². The van der Waals surface area contributed by atoms with Crippen LogP contribution in [0.25, 0.3) is 0 Å². The van der Waals surface area contributed by atoms with Gasteiger partial charge in [0.15, 0.2) is 6.10 Å². The molecule has 0 bridgehead atoms. The summed E-state index contributed by atoms with van der Waals surface area (Å²) in [4.78, 5) is 36.5. The Bertz CT molecular complexity index is 1310. The Morgan fingerprint density at radius 1 is 0.829 bits per heavy atom. The molecule has 1 atom stereocenters. The number of hydrazine groups is 1. The van der Waals surface area contributed by atoms with Gasteiger partial charge in [0.25, 0.3) is 21.8 Å². The lowest BCUT2D eigenvalue weighted by Gasteiger charge is -2.14. The van der Waals surface area contributed by atoms with Gasteiger partial charge in [-0.25, -0.2) is 13.2 Å². The predicted molar refractivity (Wildman–Crippen MR) is 127 cm³/mol. The minimum Gasteiger partial charge on any atom is -0.497 e. The highest BCUT2D eigenvalue weighted by Crippen LogP contribution is 2.20. The van der Waals surface area contributed by atoms with Crippen molar-refractivity contribution in [2.75, 3.05) is 11.8 Å². The maximum atomic E-state index is 12.7. The summed E-state index contributed by atoms with van der Waals surface area (Å²) in [7, 11) is -2.51. The maximum Gasteiger partial charge on any atom is 0.338 e. The van der Waals surface area contributed by atoms with Crippen molar-refractivity contribution in [2.24, 2.45) is 0 Å². The number of rotatable bonds is 8. The van der Waals surface area contributed by atoms with Gasteiger partial charge < -0.3 is 9.47 Å². The fraction of sp³-hybridized carbons (Fsp3) is 0.125. The number of sulfonamides is 1. The molecule has 0 radical (unpaired) electrons. The van der Waals surface area contributed by atoms with Crippen LogP contribution in [0.1, 0.15) is 27.6 Å². The van der Waals surface area contributed by atoms with Crippen LogP contribution in [-0.4, -0.2) is 39.4 Å². The molecular weight excluding hydrogens is 474 g/mol. The van der Waals surface area contributed by atoms with Gasteiger partial charge in [0.1, 0.15) is 5.75 Å². The van der Waals surface area contributed by atoms with E-state index in [1.165, 1.54) is 44.4 Å². The number of amides is 2. The van der Waals surface area contributed by atoms with Crippen molar-refractivity contribution in [3.05, 3.63) is 90.0 Å². The second kappa shape index (κ2) is 11.2. The van der Waals surface area contributed by atoms with Crippen molar-refractivity contribution in [2.45, 2.75) is 17.9 Å². The summed E-state index contributed by atoms with van der Waals surface area (Å²) in [6.07, 6.45) is -1.27. The Morgan fingerprint density at radius 3 is 2.14 bits per heavy atom. The van der Waals surface area contributed by atoms with E-state index in [2.05, 4.69) is 15.6 Å². The quantitative estimate of drug-likeness (QED) is 0.321. The molecule has 0 aliphatic heterocycles. The van der Waals surface area contributed by atoms with Crippen LogP contribution >= 0.6 is 0 Å². The summed E-state index contributed by atoms with van der Waals surface area (Å²) >= 11 is 0. The first-order chi connectivity index (χ1) is 16.7. The Hall–Kier alpha value is -4.38. The van der Waals surface area contributed by atoms with E-state index in [4.69, 9.17) is 9.47 Å². The summed E-state index contributed by atoms with van der Waals surface area (Å²) < 4.78 is 38.0. The second-order valence-corrected chi connectivity index (χ2v) is 8.90. The number of ether oxygens (including phenoxy) is 2. The molecule has 3 rings (SSSR count). The summed E-state index contributed by atoms with van der Waals surface area (Å²) in [6.45, 7) is 1.31. The standard InChI is InChI=1S/C24H23N3O7S/c1-16(22(28)25-26-23(29)17-7-4-3-5-8-17)34-24(30)18-9-6-10-21(15-18)35(31,32)27-19-11-13-20(33-2)14-12-19/h3-16,27H,1-2H3,(H,25,28)(H,26,29)/t16-/m1/s1. The van der Waals surface area contributed by atoms with Crippen molar-refractivity contribution >= 4 is 33.5 Å². The van der Waals surface area contributed by atoms with E-state index in [-0.39, 0.29) is 10.5 Å². The molecule has 0 aliphatic carbocycles. The van der Waals surface area contributed by atoms with Crippen molar-refractivity contribution in [1.29, 1.82) is 0 Å². The Balaban J connectivity index is 1.61. The molecule has 11 heteroatoms. The maximum absolute atomic E-state index is 12.7. The first-order valence-electron chi connectivity index (χ1n) is 10.3. The molecule has 2 amide bonds.